The predicted octanol–water partition coefficient (Wildman–Crippen LogP) is 2.25. The highest BCUT2D eigenvalue weighted by molar-refractivity contribution is 6.32. The Morgan fingerprint density at radius 1 is 1.32 bits per heavy atom. The van der Waals surface area contributed by atoms with E-state index in [1.54, 1.807) is 32.4 Å². The zero-order chi connectivity index (χ0) is 13.8. The summed E-state index contributed by atoms with van der Waals surface area (Å²) in [5.41, 5.74) is 1.04. The molecule has 5 nitrogen and oxygen atoms in total. The molecule has 100 valence electrons. The fraction of sp³-hybridized carbons (Fsp3) is 0.231. The molecule has 0 aliphatic rings. The lowest BCUT2D eigenvalue weighted by Gasteiger charge is -2.07. The van der Waals surface area contributed by atoms with Crippen LogP contribution in [0, 0.1) is 0 Å². The number of H-pyrrole nitrogens is 1. The Kier molecular flexibility index (Phi) is 4.19. The first-order valence-corrected chi connectivity index (χ1v) is 5.95. The van der Waals surface area contributed by atoms with Crippen LogP contribution in [0.4, 0.5) is 0 Å². The molecule has 1 N–H and O–H groups in total. The second kappa shape index (κ2) is 5.86. The van der Waals surface area contributed by atoms with E-state index >= 15 is 0 Å². The molecule has 2 aromatic rings. The number of nitrogens with one attached hydrogen (secondary N) is 1. The third-order valence-corrected chi connectivity index (χ3v) is 2.81. The van der Waals surface area contributed by atoms with Gasteiger partial charge in [-0.15, -0.1) is 0 Å². The smallest absolute Gasteiger partial charge is 0.251 e. The van der Waals surface area contributed by atoms with Crippen molar-refractivity contribution < 1.29 is 9.47 Å². The van der Waals surface area contributed by atoms with Gasteiger partial charge in [-0.3, -0.25) is 4.79 Å². The third kappa shape index (κ3) is 3.13. The molecule has 0 fully saturated rings. The van der Waals surface area contributed by atoms with Crippen LogP contribution in [0.2, 0.25) is 5.02 Å². The highest BCUT2D eigenvalue weighted by atomic mass is 35.5. The minimum absolute atomic E-state index is 0.232. The van der Waals surface area contributed by atoms with Gasteiger partial charge in [0.1, 0.15) is 11.6 Å². The zero-order valence-electron chi connectivity index (χ0n) is 10.6. The molecule has 1 heterocycles. The minimum Gasteiger partial charge on any atom is -0.495 e. The van der Waals surface area contributed by atoms with Gasteiger partial charge in [0, 0.05) is 18.7 Å². The van der Waals surface area contributed by atoms with Gasteiger partial charge in [-0.05, 0) is 18.2 Å². The Hall–Kier alpha value is -1.85. The van der Waals surface area contributed by atoms with Gasteiger partial charge in [0.2, 0.25) is 0 Å². The normalized spacial score (nSPS) is 10.5. The second-order valence-electron chi connectivity index (χ2n) is 3.87. The number of hydrogen-bond donors (Lipinski definition) is 1. The molecule has 2 rings (SSSR count). The molecule has 0 atom stereocenters. The number of halogens is 1. The van der Waals surface area contributed by atoms with E-state index in [1.807, 2.05) is 0 Å². The number of aromatic nitrogens is 2. The summed E-state index contributed by atoms with van der Waals surface area (Å²) < 4.78 is 10.1. The number of benzene rings is 1. The monoisotopic (exact) mass is 280 g/mol. The van der Waals surface area contributed by atoms with Gasteiger partial charge in [-0.2, -0.15) is 0 Å². The second-order valence-corrected chi connectivity index (χ2v) is 4.27. The minimum atomic E-state index is -0.232. The van der Waals surface area contributed by atoms with Crippen molar-refractivity contribution in [3.8, 4) is 17.1 Å². The summed E-state index contributed by atoms with van der Waals surface area (Å²) in [5.74, 6) is 1.02. The van der Waals surface area contributed by atoms with Crippen LogP contribution in [0.1, 0.15) is 5.69 Å². The number of methoxy groups -OCH3 is 2. The molecular formula is C13H13ClN2O3. The van der Waals surface area contributed by atoms with Crippen molar-refractivity contribution in [2.75, 3.05) is 14.2 Å². The number of hydrogen-bond acceptors (Lipinski definition) is 4. The van der Waals surface area contributed by atoms with E-state index in [1.165, 1.54) is 6.07 Å². The van der Waals surface area contributed by atoms with Crippen LogP contribution in [0.3, 0.4) is 0 Å². The van der Waals surface area contributed by atoms with Crippen LogP contribution in [0.5, 0.6) is 5.75 Å². The van der Waals surface area contributed by atoms with E-state index in [2.05, 4.69) is 9.97 Å². The maximum absolute atomic E-state index is 11.6. The number of ether oxygens (including phenoxy) is 2. The van der Waals surface area contributed by atoms with Gasteiger partial charge in [0.25, 0.3) is 5.56 Å². The summed E-state index contributed by atoms with van der Waals surface area (Å²) >= 11 is 6.05. The molecule has 0 unspecified atom stereocenters. The first-order valence-electron chi connectivity index (χ1n) is 5.57. The quantitative estimate of drug-likeness (QED) is 0.933. The van der Waals surface area contributed by atoms with Crippen molar-refractivity contribution in [1.82, 2.24) is 9.97 Å². The van der Waals surface area contributed by atoms with Gasteiger partial charge in [-0.25, -0.2) is 4.98 Å². The molecule has 19 heavy (non-hydrogen) atoms. The molecule has 0 saturated carbocycles. The topological polar surface area (TPSA) is 64.2 Å². The van der Waals surface area contributed by atoms with Gasteiger partial charge in [-0.1, -0.05) is 11.6 Å². The average Bonchev–Trinajstić information content (AvgIpc) is 2.38. The zero-order valence-corrected chi connectivity index (χ0v) is 11.3. The summed E-state index contributed by atoms with van der Waals surface area (Å²) in [5, 5.41) is 0.458. The van der Waals surface area contributed by atoms with Crippen molar-refractivity contribution in [1.29, 1.82) is 0 Å². The molecule has 0 aliphatic heterocycles. The average molecular weight is 281 g/mol. The Morgan fingerprint density at radius 3 is 2.74 bits per heavy atom. The Labute approximate surface area is 115 Å². The van der Waals surface area contributed by atoms with Crippen LogP contribution >= 0.6 is 11.6 Å². The molecule has 6 heteroatoms. The van der Waals surface area contributed by atoms with Crippen molar-refractivity contribution in [2.45, 2.75) is 6.61 Å². The standard InChI is InChI=1S/C13H13ClN2O3/c1-18-7-9-6-12(17)16-13(15-9)8-3-4-11(19-2)10(14)5-8/h3-6H,7H2,1-2H3,(H,15,16,17). The molecule has 0 saturated heterocycles. The fourth-order valence-electron chi connectivity index (χ4n) is 1.68. The van der Waals surface area contributed by atoms with Gasteiger partial charge >= 0.3 is 0 Å². The molecule has 0 aliphatic carbocycles. The molecular weight excluding hydrogens is 268 g/mol. The molecule has 0 spiro atoms. The summed E-state index contributed by atoms with van der Waals surface area (Å²) in [6, 6.07) is 6.59. The van der Waals surface area contributed by atoms with Crippen molar-refractivity contribution in [3.05, 3.63) is 45.3 Å². The van der Waals surface area contributed by atoms with E-state index < -0.39 is 0 Å². The number of aromatic amines is 1. The van der Waals surface area contributed by atoms with E-state index in [9.17, 15) is 4.79 Å². The lowest BCUT2D eigenvalue weighted by molar-refractivity contribution is 0.181. The molecule has 0 bridgehead atoms. The van der Waals surface area contributed by atoms with E-state index in [0.717, 1.165) is 0 Å². The van der Waals surface area contributed by atoms with Crippen LogP contribution in [-0.2, 0) is 11.3 Å². The molecule has 1 aromatic carbocycles. The fourth-order valence-corrected chi connectivity index (χ4v) is 1.94. The molecule has 0 radical (unpaired) electrons. The molecule has 0 amide bonds. The van der Waals surface area contributed by atoms with Crippen LogP contribution < -0.4 is 10.3 Å². The largest absolute Gasteiger partial charge is 0.495 e. The summed E-state index contributed by atoms with van der Waals surface area (Å²) in [6.07, 6.45) is 0. The third-order valence-electron chi connectivity index (χ3n) is 2.51. The number of rotatable bonds is 4. The SMILES string of the molecule is COCc1cc(=O)[nH]c(-c2ccc(OC)c(Cl)c2)n1. The highest BCUT2D eigenvalue weighted by Crippen LogP contribution is 2.28. The maximum Gasteiger partial charge on any atom is 0.251 e. The highest BCUT2D eigenvalue weighted by Gasteiger charge is 2.07. The van der Waals surface area contributed by atoms with Crippen LogP contribution in [0.25, 0.3) is 11.4 Å². The van der Waals surface area contributed by atoms with Crippen molar-refractivity contribution in [2.24, 2.45) is 0 Å². The van der Waals surface area contributed by atoms with Crippen molar-refractivity contribution >= 4 is 11.6 Å². The van der Waals surface area contributed by atoms with E-state index in [0.29, 0.717) is 27.9 Å². The summed E-state index contributed by atoms with van der Waals surface area (Å²) in [6.45, 7) is 0.279. The Bertz CT molecular complexity index is 640. The van der Waals surface area contributed by atoms with Gasteiger partial charge in [0.05, 0.1) is 24.4 Å². The Morgan fingerprint density at radius 2 is 2.11 bits per heavy atom. The van der Waals surface area contributed by atoms with E-state index in [-0.39, 0.29) is 12.2 Å². The van der Waals surface area contributed by atoms with Crippen molar-refractivity contribution in [3.63, 3.8) is 0 Å². The lowest BCUT2D eigenvalue weighted by atomic mass is 10.2. The first-order chi connectivity index (χ1) is 9.13. The van der Waals surface area contributed by atoms with Gasteiger partial charge < -0.3 is 14.5 Å². The Balaban J connectivity index is 2.46. The van der Waals surface area contributed by atoms with Gasteiger partial charge in [0.15, 0.2) is 0 Å². The van der Waals surface area contributed by atoms with Crippen LogP contribution in [-0.4, -0.2) is 24.2 Å². The predicted molar refractivity (Wildman–Crippen MR) is 72.6 cm³/mol. The molecule has 1 aromatic heterocycles. The lowest BCUT2D eigenvalue weighted by Crippen LogP contribution is -2.10. The summed E-state index contributed by atoms with van der Waals surface area (Å²) in [4.78, 5) is 18.5. The summed E-state index contributed by atoms with van der Waals surface area (Å²) in [7, 11) is 3.09. The van der Waals surface area contributed by atoms with Crippen LogP contribution in [0.15, 0.2) is 29.1 Å². The maximum atomic E-state index is 11.6. The first kappa shape index (κ1) is 13.6. The van der Waals surface area contributed by atoms with E-state index in [4.69, 9.17) is 21.1 Å². The number of nitrogens with zero attached hydrogens (tertiary/aromatic N) is 1.